The first-order chi connectivity index (χ1) is 8.99. The summed E-state index contributed by atoms with van der Waals surface area (Å²) in [6.07, 6.45) is 0. The van der Waals surface area contributed by atoms with Crippen LogP contribution in [0.15, 0.2) is 4.52 Å². The summed E-state index contributed by atoms with van der Waals surface area (Å²) in [5.74, 6) is 0.123. The van der Waals surface area contributed by atoms with Crippen LogP contribution in [0, 0.1) is 13.8 Å². The van der Waals surface area contributed by atoms with Gasteiger partial charge >= 0.3 is 5.97 Å². The minimum absolute atomic E-state index is 0.402. The van der Waals surface area contributed by atoms with Gasteiger partial charge in [0, 0.05) is 38.3 Å². The molecule has 1 unspecified atom stereocenters. The van der Waals surface area contributed by atoms with Gasteiger partial charge in [-0.1, -0.05) is 5.16 Å². The van der Waals surface area contributed by atoms with Crippen LogP contribution in [0.2, 0.25) is 0 Å². The van der Waals surface area contributed by atoms with Crippen LogP contribution in [-0.4, -0.2) is 58.3 Å². The lowest BCUT2D eigenvalue weighted by Gasteiger charge is -2.36. The van der Waals surface area contributed by atoms with Gasteiger partial charge in [-0.25, -0.2) is 0 Å². The molecule has 2 heterocycles. The van der Waals surface area contributed by atoms with Crippen LogP contribution in [-0.2, 0) is 11.3 Å². The third-order valence-electron chi connectivity index (χ3n) is 3.87. The van der Waals surface area contributed by atoms with E-state index in [9.17, 15) is 4.79 Å². The fraction of sp³-hybridized carbons (Fsp3) is 0.692. The molecular formula is C13H21N3O3. The molecule has 1 aliphatic rings. The third-order valence-corrected chi connectivity index (χ3v) is 3.87. The maximum atomic E-state index is 10.9. The maximum Gasteiger partial charge on any atom is 0.320 e. The second-order valence-corrected chi connectivity index (χ2v) is 5.13. The summed E-state index contributed by atoms with van der Waals surface area (Å²) in [4.78, 5) is 15.3. The van der Waals surface area contributed by atoms with E-state index >= 15 is 0 Å². The van der Waals surface area contributed by atoms with Gasteiger partial charge < -0.3 is 9.63 Å². The predicted molar refractivity (Wildman–Crippen MR) is 69.9 cm³/mol. The first kappa shape index (κ1) is 14.0. The van der Waals surface area contributed by atoms with Crippen LogP contribution in [0.5, 0.6) is 0 Å². The summed E-state index contributed by atoms with van der Waals surface area (Å²) < 4.78 is 5.16. The highest BCUT2D eigenvalue weighted by molar-refractivity contribution is 5.72. The Balaban J connectivity index is 1.89. The van der Waals surface area contributed by atoms with Crippen molar-refractivity contribution in [3.05, 3.63) is 17.0 Å². The van der Waals surface area contributed by atoms with E-state index in [0.29, 0.717) is 0 Å². The summed E-state index contributed by atoms with van der Waals surface area (Å²) >= 11 is 0. The lowest BCUT2D eigenvalue weighted by atomic mass is 10.1. The van der Waals surface area contributed by atoms with Crippen LogP contribution in [0.1, 0.15) is 23.9 Å². The van der Waals surface area contributed by atoms with Crippen molar-refractivity contribution in [1.29, 1.82) is 0 Å². The van der Waals surface area contributed by atoms with Gasteiger partial charge in [0.1, 0.15) is 11.8 Å². The number of carboxylic acid groups (broad SMARTS) is 1. The van der Waals surface area contributed by atoms with Gasteiger partial charge in [-0.3, -0.25) is 14.6 Å². The zero-order valence-corrected chi connectivity index (χ0v) is 11.7. The van der Waals surface area contributed by atoms with Gasteiger partial charge in [-0.2, -0.15) is 0 Å². The minimum atomic E-state index is -0.751. The van der Waals surface area contributed by atoms with Gasteiger partial charge in [0.2, 0.25) is 0 Å². The second-order valence-electron chi connectivity index (χ2n) is 5.13. The predicted octanol–water partition coefficient (Wildman–Crippen LogP) is 0.882. The third kappa shape index (κ3) is 3.13. The van der Waals surface area contributed by atoms with Crippen LogP contribution < -0.4 is 0 Å². The van der Waals surface area contributed by atoms with Crippen LogP contribution in [0.3, 0.4) is 0 Å². The quantitative estimate of drug-likeness (QED) is 0.873. The second kappa shape index (κ2) is 5.71. The largest absolute Gasteiger partial charge is 0.480 e. The first-order valence-electron chi connectivity index (χ1n) is 6.60. The Hall–Kier alpha value is -1.40. The molecule has 1 saturated heterocycles. The Kier molecular flexibility index (Phi) is 4.21. The molecule has 0 aromatic carbocycles. The van der Waals surface area contributed by atoms with E-state index in [1.807, 2.05) is 18.7 Å². The molecule has 1 aromatic rings. The Labute approximate surface area is 113 Å². The molecule has 6 nitrogen and oxygen atoms in total. The van der Waals surface area contributed by atoms with Crippen molar-refractivity contribution < 1.29 is 14.4 Å². The van der Waals surface area contributed by atoms with E-state index in [0.717, 1.165) is 49.7 Å². The van der Waals surface area contributed by atoms with Crippen molar-refractivity contribution in [3.8, 4) is 0 Å². The zero-order chi connectivity index (χ0) is 14.0. The number of piperazine rings is 1. The fourth-order valence-corrected chi connectivity index (χ4v) is 2.42. The van der Waals surface area contributed by atoms with Gasteiger partial charge in [-0.05, 0) is 20.8 Å². The molecule has 1 N–H and O–H groups in total. The monoisotopic (exact) mass is 267 g/mol. The maximum absolute atomic E-state index is 10.9. The lowest BCUT2D eigenvalue weighted by molar-refractivity contribution is -0.143. The molecule has 0 radical (unpaired) electrons. The SMILES string of the molecule is Cc1noc(C)c1CN1CCN(C(C)C(=O)O)CC1. The summed E-state index contributed by atoms with van der Waals surface area (Å²) in [6.45, 7) is 9.78. The number of aromatic nitrogens is 1. The Morgan fingerprint density at radius 3 is 2.47 bits per heavy atom. The number of aliphatic carboxylic acids is 1. The molecule has 1 fully saturated rings. The standard InChI is InChI=1S/C13H21N3O3/c1-9-12(11(3)19-14-9)8-15-4-6-16(7-5-15)10(2)13(17)18/h10H,4-8H2,1-3H3,(H,17,18). The lowest BCUT2D eigenvalue weighted by Crippen LogP contribution is -2.51. The number of carboxylic acids is 1. The number of aryl methyl sites for hydroxylation is 2. The number of nitrogens with zero attached hydrogens (tertiary/aromatic N) is 3. The molecular weight excluding hydrogens is 246 g/mol. The number of hydrogen-bond donors (Lipinski definition) is 1. The average Bonchev–Trinajstić information content (AvgIpc) is 2.70. The van der Waals surface area contributed by atoms with E-state index in [1.165, 1.54) is 0 Å². The molecule has 1 atom stereocenters. The number of carbonyl (C=O) groups is 1. The molecule has 1 aromatic heterocycles. The molecule has 106 valence electrons. The molecule has 19 heavy (non-hydrogen) atoms. The topological polar surface area (TPSA) is 69.8 Å². The zero-order valence-electron chi connectivity index (χ0n) is 11.7. The summed E-state index contributed by atoms with van der Waals surface area (Å²) in [7, 11) is 0. The number of hydrogen-bond acceptors (Lipinski definition) is 5. The fourth-order valence-electron chi connectivity index (χ4n) is 2.42. The Bertz CT molecular complexity index is 430. The van der Waals surface area contributed by atoms with Crippen molar-refractivity contribution in [2.45, 2.75) is 33.4 Å². The van der Waals surface area contributed by atoms with E-state index < -0.39 is 12.0 Å². The molecule has 0 spiro atoms. The molecule has 0 aliphatic carbocycles. The van der Waals surface area contributed by atoms with Crippen molar-refractivity contribution in [2.24, 2.45) is 0 Å². The van der Waals surface area contributed by atoms with Crippen molar-refractivity contribution in [1.82, 2.24) is 15.0 Å². The van der Waals surface area contributed by atoms with Crippen molar-refractivity contribution >= 4 is 5.97 Å². The summed E-state index contributed by atoms with van der Waals surface area (Å²) in [6, 6.07) is -0.402. The Morgan fingerprint density at radius 1 is 1.37 bits per heavy atom. The first-order valence-corrected chi connectivity index (χ1v) is 6.60. The van der Waals surface area contributed by atoms with Crippen molar-refractivity contribution in [3.63, 3.8) is 0 Å². The van der Waals surface area contributed by atoms with E-state index in [-0.39, 0.29) is 0 Å². The summed E-state index contributed by atoms with van der Waals surface area (Å²) in [5, 5.41) is 13.0. The molecule has 1 aliphatic heterocycles. The summed E-state index contributed by atoms with van der Waals surface area (Å²) in [5.41, 5.74) is 2.10. The number of rotatable bonds is 4. The highest BCUT2D eigenvalue weighted by Gasteiger charge is 2.25. The van der Waals surface area contributed by atoms with Gasteiger partial charge in [0.15, 0.2) is 0 Å². The van der Waals surface area contributed by atoms with Crippen molar-refractivity contribution in [2.75, 3.05) is 26.2 Å². The van der Waals surface area contributed by atoms with Crippen LogP contribution >= 0.6 is 0 Å². The van der Waals surface area contributed by atoms with Gasteiger partial charge in [-0.15, -0.1) is 0 Å². The molecule has 0 bridgehead atoms. The van der Waals surface area contributed by atoms with Gasteiger partial charge in [0.25, 0.3) is 0 Å². The highest BCUT2D eigenvalue weighted by Crippen LogP contribution is 2.16. The van der Waals surface area contributed by atoms with E-state index in [2.05, 4.69) is 10.1 Å². The van der Waals surface area contributed by atoms with Gasteiger partial charge in [0.05, 0.1) is 5.69 Å². The molecule has 0 saturated carbocycles. The Morgan fingerprint density at radius 2 is 2.00 bits per heavy atom. The molecule has 0 amide bonds. The normalized spacial score (nSPS) is 19.5. The minimum Gasteiger partial charge on any atom is -0.480 e. The van der Waals surface area contributed by atoms with E-state index in [1.54, 1.807) is 6.92 Å². The molecule has 6 heteroatoms. The average molecular weight is 267 g/mol. The highest BCUT2D eigenvalue weighted by atomic mass is 16.5. The smallest absolute Gasteiger partial charge is 0.320 e. The molecule has 2 rings (SSSR count). The van der Waals surface area contributed by atoms with Crippen LogP contribution in [0.4, 0.5) is 0 Å². The van der Waals surface area contributed by atoms with E-state index in [4.69, 9.17) is 9.63 Å². The van der Waals surface area contributed by atoms with Crippen LogP contribution in [0.25, 0.3) is 0 Å².